The summed E-state index contributed by atoms with van der Waals surface area (Å²) in [4.78, 5) is 27.3. The monoisotopic (exact) mass is 400 g/mol. The van der Waals surface area contributed by atoms with Crippen LogP contribution in [0.15, 0.2) is 54.6 Å². The molecule has 28 heavy (non-hydrogen) atoms. The van der Waals surface area contributed by atoms with Gasteiger partial charge in [0.15, 0.2) is 0 Å². The summed E-state index contributed by atoms with van der Waals surface area (Å²) in [5.41, 5.74) is 1.88. The van der Waals surface area contributed by atoms with Gasteiger partial charge in [-0.1, -0.05) is 73.8 Å². The average Bonchev–Trinajstić information content (AvgIpc) is 2.71. The van der Waals surface area contributed by atoms with Gasteiger partial charge in [-0.2, -0.15) is 0 Å². The summed E-state index contributed by atoms with van der Waals surface area (Å²) < 4.78 is 0. The molecule has 0 saturated carbocycles. The fourth-order valence-electron chi connectivity index (χ4n) is 2.98. The predicted octanol–water partition coefficient (Wildman–Crippen LogP) is 4.61. The second kappa shape index (κ2) is 11.5. The minimum atomic E-state index is -0.540. The molecular formula is C23H29ClN2O2. The third-order valence-electron chi connectivity index (χ3n) is 4.71. The van der Waals surface area contributed by atoms with Crippen molar-refractivity contribution in [3.05, 3.63) is 70.7 Å². The molecule has 0 heterocycles. The van der Waals surface area contributed by atoms with E-state index in [0.29, 0.717) is 18.1 Å². The van der Waals surface area contributed by atoms with Crippen molar-refractivity contribution in [3.63, 3.8) is 0 Å². The zero-order valence-corrected chi connectivity index (χ0v) is 17.4. The molecule has 0 saturated heterocycles. The van der Waals surface area contributed by atoms with Gasteiger partial charge in [0.25, 0.3) is 0 Å². The lowest BCUT2D eigenvalue weighted by Gasteiger charge is -2.29. The van der Waals surface area contributed by atoms with E-state index in [9.17, 15) is 9.59 Å². The number of nitrogens with zero attached hydrogens (tertiary/aromatic N) is 1. The molecule has 0 aliphatic carbocycles. The smallest absolute Gasteiger partial charge is 0.242 e. The van der Waals surface area contributed by atoms with Crippen LogP contribution < -0.4 is 5.32 Å². The van der Waals surface area contributed by atoms with Crippen LogP contribution in [0.1, 0.15) is 44.2 Å². The molecule has 1 atom stereocenters. The molecule has 150 valence electrons. The number of amides is 2. The molecule has 2 aromatic carbocycles. The van der Waals surface area contributed by atoms with E-state index in [2.05, 4.69) is 12.2 Å². The van der Waals surface area contributed by atoms with E-state index in [-0.39, 0.29) is 18.2 Å². The van der Waals surface area contributed by atoms with Crippen molar-refractivity contribution in [2.75, 3.05) is 6.54 Å². The molecule has 5 heteroatoms. The van der Waals surface area contributed by atoms with Crippen molar-refractivity contribution in [1.29, 1.82) is 0 Å². The SMILES string of the molecule is CCCCCNC(=O)[C@H](C)N(Cc1ccccc1)C(=O)Cc1ccc(Cl)cc1. The van der Waals surface area contributed by atoms with Crippen molar-refractivity contribution in [2.45, 2.75) is 52.1 Å². The molecular weight excluding hydrogens is 372 g/mol. The van der Waals surface area contributed by atoms with Gasteiger partial charge in [-0.05, 0) is 36.6 Å². The van der Waals surface area contributed by atoms with Crippen LogP contribution in [0.4, 0.5) is 0 Å². The number of hydrogen-bond acceptors (Lipinski definition) is 2. The van der Waals surface area contributed by atoms with E-state index in [0.717, 1.165) is 30.4 Å². The minimum absolute atomic E-state index is 0.0811. The summed E-state index contributed by atoms with van der Waals surface area (Å²) in [7, 11) is 0. The van der Waals surface area contributed by atoms with Crippen molar-refractivity contribution >= 4 is 23.4 Å². The van der Waals surface area contributed by atoms with E-state index >= 15 is 0 Å². The second-order valence-corrected chi connectivity index (χ2v) is 7.42. The highest BCUT2D eigenvalue weighted by Crippen LogP contribution is 2.14. The quantitative estimate of drug-likeness (QED) is 0.592. The number of nitrogens with one attached hydrogen (secondary N) is 1. The minimum Gasteiger partial charge on any atom is -0.354 e. The third-order valence-corrected chi connectivity index (χ3v) is 4.96. The Hall–Kier alpha value is -2.33. The highest BCUT2D eigenvalue weighted by atomic mass is 35.5. The number of hydrogen-bond donors (Lipinski definition) is 1. The zero-order valence-electron chi connectivity index (χ0n) is 16.7. The normalized spacial score (nSPS) is 11.7. The van der Waals surface area contributed by atoms with Gasteiger partial charge >= 0.3 is 0 Å². The summed E-state index contributed by atoms with van der Waals surface area (Å²) in [6.07, 6.45) is 3.37. The van der Waals surface area contributed by atoms with Gasteiger partial charge in [0, 0.05) is 18.1 Å². The summed E-state index contributed by atoms with van der Waals surface area (Å²) in [5.74, 6) is -0.195. The van der Waals surface area contributed by atoms with Crippen LogP contribution in [-0.2, 0) is 22.6 Å². The fourth-order valence-corrected chi connectivity index (χ4v) is 3.10. The molecule has 4 nitrogen and oxygen atoms in total. The molecule has 0 aliphatic rings. The van der Waals surface area contributed by atoms with E-state index in [4.69, 9.17) is 11.6 Å². The van der Waals surface area contributed by atoms with Crippen molar-refractivity contribution in [2.24, 2.45) is 0 Å². The van der Waals surface area contributed by atoms with E-state index in [1.807, 2.05) is 42.5 Å². The summed E-state index contributed by atoms with van der Waals surface area (Å²) in [5, 5.41) is 3.60. The fraction of sp³-hybridized carbons (Fsp3) is 0.391. The van der Waals surface area contributed by atoms with Crippen LogP contribution in [0.5, 0.6) is 0 Å². The standard InChI is InChI=1S/C23H29ClN2O2/c1-3-4-8-15-25-23(28)18(2)26(17-20-9-6-5-7-10-20)22(27)16-19-11-13-21(24)14-12-19/h5-7,9-14,18H,3-4,8,15-17H2,1-2H3,(H,25,28)/t18-/m0/s1. The molecule has 0 unspecified atom stereocenters. The van der Waals surface area contributed by atoms with Gasteiger partial charge in [0.2, 0.25) is 11.8 Å². The maximum atomic E-state index is 13.0. The number of carbonyl (C=O) groups excluding carboxylic acids is 2. The third kappa shape index (κ3) is 7.01. The molecule has 0 radical (unpaired) electrons. The van der Waals surface area contributed by atoms with E-state index in [1.165, 1.54) is 0 Å². The first-order valence-electron chi connectivity index (χ1n) is 9.86. The number of unbranched alkanes of at least 4 members (excludes halogenated alkanes) is 2. The summed E-state index contributed by atoms with van der Waals surface area (Å²) in [6.45, 7) is 4.96. The number of benzene rings is 2. The first-order chi connectivity index (χ1) is 13.5. The van der Waals surface area contributed by atoms with Crippen LogP contribution in [0.3, 0.4) is 0 Å². The van der Waals surface area contributed by atoms with Gasteiger partial charge in [-0.15, -0.1) is 0 Å². The first-order valence-corrected chi connectivity index (χ1v) is 10.2. The van der Waals surface area contributed by atoms with Gasteiger partial charge < -0.3 is 10.2 Å². The van der Waals surface area contributed by atoms with Gasteiger partial charge in [-0.3, -0.25) is 9.59 Å². The Kier molecular flexibility index (Phi) is 9.02. The highest BCUT2D eigenvalue weighted by molar-refractivity contribution is 6.30. The predicted molar refractivity (Wildman–Crippen MR) is 114 cm³/mol. The Balaban J connectivity index is 2.09. The maximum absolute atomic E-state index is 13.0. The van der Waals surface area contributed by atoms with Gasteiger partial charge in [0.05, 0.1) is 6.42 Å². The molecule has 1 N–H and O–H groups in total. The Morgan fingerprint density at radius 3 is 2.32 bits per heavy atom. The molecule has 0 fully saturated rings. The first kappa shape index (κ1) is 22.0. The van der Waals surface area contributed by atoms with Crippen molar-refractivity contribution in [3.8, 4) is 0 Å². The zero-order chi connectivity index (χ0) is 20.4. The molecule has 0 spiro atoms. The number of halogens is 1. The Morgan fingerprint density at radius 1 is 1.00 bits per heavy atom. The lowest BCUT2D eigenvalue weighted by atomic mass is 10.1. The number of carbonyl (C=O) groups is 2. The van der Waals surface area contributed by atoms with Crippen molar-refractivity contribution < 1.29 is 9.59 Å². The van der Waals surface area contributed by atoms with Gasteiger partial charge in [0.1, 0.15) is 6.04 Å². The lowest BCUT2D eigenvalue weighted by Crippen LogP contribution is -2.48. The van der Waals surface area contributed by atoms with E-state index in [1.54, 1.807) is 24.0 Å². The molecule has 2 amide bonds. The summed E-state index contributed by atoms with van der Waals surface area (Å²) in [6, 6.07) is 16.4. The Bertz CT molecular complexity index is 747. The second-order valence-electron chi connectivity index (χ2n) is 6.98. The molecule has 2 aromatic rings. The van der Waals surface area contributed by atoms with Gasteiger partial charge in [-0.25, -0.2) is 0 Å². The molecule has 0 aliphatic heterocycles. The van der Waals surface area contributed by atoms with Crippen LogP contribution in [0.2, 0.25) is 5.02 Å². The van der Waals surface area contributed by atoms with Crippen molar-refractivity contribution in [1.82, 2.24) is 10.2 Å². The summed E-state index contributed by atoms with van der Waals surface area (Å²) >= 11 is 5.93. The number of rotatable bonds is 10. The van der Waals surface area contributed by atoms with Crippen LogP contribution >= 0.6 is 11.6 Å². The maximum Gasteiger partial charge on any atom is 0.242 e. The highest BCUT2D eigenvalue weighted by Gasteiger charge is 2.26. The van der Waals surface area contributed by atoms with Crippen LogP contribution in [0.25, 0.3) is 0 Å². The Labute approximate surface area is 172 Å². The molecule has 2 rings (SSSR count). The van der Waals surface area contributed by atoms with Crippen LogP contribution in [-0.4, -0.2) is 29.3 Å². The lowest BCUT2D eigenvalue weighted by molar-refractivity contribution is -0.140. The topological polar surface area (TPSA) is 49.4 Å². The molecule has 0 aromatic heterocycles. The van der Waals surface area contributed by atoms with E-state index < -0.39 is 6.04 Å². The largest absolute Gasteiger partial charge is 0.354 e. The van der Waals surface area contributed by atoms with Crippen LogP contribution in [0, 0.1) is 0 Å². The Morgan fingerprint density at radius 2 is 1.68 bits per heavy atom. The average molecular weight is 401 g/mol. The molecule has 0 bridgehead atoms.